The molecule has 4 heterocycles. The maximum atomic E-state index is 15.3. The third-order valence-electron chi connectivity index (χ3n) is 6.65. The van der Waals surface area contributed by atoms with Crippen LogP contribution in [0.15, 0.2) is 18.3 Å². The molecular weight excluding hydrogens is 470 g/mol. The van der Waals surface area contributed by atoms with Gasteiger partial charge in [-0.2, -0.15) is 0 Å². The number of nitrogens with one attached hydrogen (secondary N) is 1. The Morgan fingerprint density at radius 2 is 1.78 bits per heavy atom. The molecule has 9 nitrogen and oxygen atoms in total. The fourth-order valence-corrected chi connectivity index (χ4v) is 4.56. The zero-order valence-corrected chi connectivity index (χ0v) is 20.6. The average Bonchev–Trinajstić information content (AvgIpc) is 3.39. The summed E-state index contributed by atoms with van der Waals surface area (Å²) < 4.78 is 46.3. The Bertz CT molecular complexity index is 1220. The molecule has 192 valence electrons. The topological polar surface area (TPSA) is 95.7 Å². The quantitative estimate of drug-likeness (QED) is 0.515. The van der Waals surface area contributed by atoms with E-state index >= 15 is 8.78 Å². The van der Waals surface area contributed by atoms with Crippen molar-refractivity contribution in [1.82, 2.24) is 19.9 Å². The van der Waals surface area contributed by atoms with E-state index in [0.717, 1.165) is 32.4 Å². The second-order valence-electron chi connectivity index (χ2n) is 9.12. The first kappa shape index (κ1) is 24.4. The molecule has 0 amide bonds. The number of piperidine rings is 1. The second kappa shape index (κ2) is 10.4. The van der Waals surface area contributed by atoms with Crippen molar-refractivity contribution < 1.29 is 23.0 Å². The number of aromatic nitrogens is 3. The minimum Gasteiger partial charge on any atom is -0.494 e. The molecule has 0 spiro atoms. The number of anilines is 1. The van der Waals surface area contributed by atoms with Crippen molar-refractivity contribution in [2.45, 2.75) is 31.3 Å². The number of nitrogens with zero attached hydrogens (tertiary/aromatic N) is 5. The highest BCUT2D eigenvalue weighted by Gasteiger charge is 2.24. The van der Waals surface area contributed by atoms with E-state index in [2.05, 4.69) is 37.5 Å². The summed E-state index contributed by atoms with van der Waals surface area (Å²) in [5.41, 5.74) is 0.292. The summed E-state index contributed by atoms with van der Waals surface area (Å²) in [6.07, 6.45) is 4.23. The minimum atomic E-state index is -0.860. The lowest BCUT2D eigenvalue weighted by Gasteiger charge is -2.30. The van der Waals surface area contributed by atoms with Crippen molar-refractivity contribution in [3.8, 4) is 22.8 Å². The van der Waals surface area contributed by atoms with Gasteiger partial charge in [0.2, 0.25) is 0 Å². The lowest BCUT2D eigenvalue weighted by molar-refractivity contribution is 0.196. The third kappa shape index (κ3) is 4.85. The number of likely N-dealkylation sites (tertiary alicyclic amines) is 1. The molecule has 1 aromatic carbocycles. The van der Waals surface area contributed by atoms with Gasteiger partial charge in [-0.05, 0) is 57.0 Å². The van der Waals surface area contributed by atoms with Crippen molar-refractivity contribution in [1.29, 1.82) is 0 Å². The van der Waals surface area contributed by atoms with Crippen LogP contribution in [0.25, 0.3) is 27.5 Å². The van der Waals surface area contributed by atoms with Crippen LogP contribution in [0.5, 0.6) is 11.5 Å². The van der Waals surface area contributed by atoms with Gasteiger partial charge in [0.1, 0.15) is 5.82 Å². The maximum absolute atomic E-state index is 15.3. The van der Waals surface area contributed by atoms with E-state index in [1.54, 1.807) is 12.3 Å². The molecule has 2 fully saturated rings. The summed E-state index contributed by atoms with van der Waals surface area (Å²) in [7, 11) is 4.71. The summed E-state index contributed by atoms with van der Waals surface area (Å²) in [5.74, 6) is -1.24. The SMILES string of the molecule is COc1cc(OC)c(F)c(-c2cc3cnc([N-]C4CCOC4)nc3c(NC3CCN(C)CC3)n2)c1F. The standard InChI is InChI=1S/C25H29F2N6O3/c1-33-7-4-15(5-8-33)29-24-23-14(12-28-25(32-23)30-16-6-9-36-13-16)10-17(31-24)20-21(26)18(34-2)11-19(35-3)22(20)27/h10-12,15-16H,4-9,13H2,1-3H3,(H-,28,29,30,31,32)/q-1. The molecule has 11 heteroatoms. The molecular formula is C25H29F2N6O3-. The number of halogens is 2. The van der Waals surface area contributed by atoms with Crippen molar-refractivity contribution in [3.05, 3.63) is 35.3 Å². The van der Waals surface area contributed by atoms with Crippen molar-refractivity contribution in [3.63, 3.8) is 0 Å². The van der Waals surface area contributed by atoms with E-state index in [0.29, 0.717) is 35.9 Å². The highest BCUT2D eigenvalue weighted by Crippen LogP contribution is 2.39. The maximum Gasteiger partial charge on any atom is 0.177 e. The van der Waals surface area contributed by atoms with Gasteiger partial charge in [0, 0.05) is 36.2 Å². The number of rotatable bonds is 7. The first-order valence-corrected chi connectivity index (χ1v) is 12.0. The van der Waals surface area contributed by atoms with E-state index in [9.17, 15) is 0 Å². The molecule has 1 unspecified atom stereocenters. The average molecular weight is 500 g/mol. The molecule has 0 radical (unpaired) electrons. The fraction of sp³-hybridized carbons (Fsp3) is 0.480. The van der Waals surface area contributed by atoms with E-state index in [-0.39, 0.29) is 34.8 Å². The molecule has 5 rings (SSSR count). The molecule has 3 aromatic rings. The zero-order valence-electron chi connectivity index (χ0n) is 20.6. The summed E-state index contributed by atoms with van der Waals surface area (Å²) in [5, 5.41) is 8.65. The molecule has 0 aliphatic carbocycles. The van der Waals surface area contributed by atoms with Gasteiger partial charge in [0.25, 0.3) is 0 Å². The fourth-order valence-electron chi connectivity index (χ4n) is 4.56. The Labute approximate surface area is 208 Å². The number of hydrogen-bond donors (Lipinski definition) is 1. The summed E-state index contributed by atoms with van der Waals surface area (Å²) >= 11 is 0. The monoisotopic (exact) mass is 499 g/mol. The van der Waals surface area contributed by atoms with Crippen molar-refractivity contribution in [2.24, 2.45) is 0 Å². The number of ether oxygens (including phenoxy) is 3. The normalized spacial score (nSPS) is 19.0. The van der Waals surface area contributed by atoms with Crippen LogP contribution in [-0.2, 0) is 4.74 Å². The number of fused-ring (bicyclic) bond motifs is 1. The molecule has 0 saturated carbocycles. The highest BCUT2D eigenvalue weighted by atomic mass is 19.1. The minimum absolute atomic E-state index is 0.00686. The summed E-state index contributed by atoms with van der Waals surface area (Å²) in [6, 6.07) is 2.89. The molecule has 1 atom stereocenters. The first-order valence-electron chi connectivity index (χ1n) is 12.0. The Morgan fingerprint density at radius 1 is 1.06 bits per heavy atom. The molecule has 0 bridgehead atoms. The van der Waals surface area contributed by atoms with Gasteiger partial charge in [-0.25, -0.2) is 13.8 Å². The van der Waals surface area contributed by atoms with Crippen LogP contribution >= 0.6 is 0 Å². The molecule has 36 heavy (non-hydrogen) atoms. The lowest BCUT2D eigenvalue weighted by atomic mass is 10.0. The van der Waals surface area contributed by atoms with Crippen LogP contribution in [0, 0.1) is 11.6 Å². The van der Waals surface area contributed by atoms with E-state index in [1.165, 1.54) is 20.3 Å². The molecule has 2 saturated heterocycles. The smallest absolute Gasteiger partial charge is 0.177 e. The number of hydrogen-bond acceptors (Lipinski definition) is 8. The molecule has 2 aliphatic heterocycles. The summed E-state index contributed by atoms with van der Waals surface area (Å²) in [6.45, 7) is 3.07. The van der Waals surface area contributed by atoms with Crippen LogP contribution < -0.4 is 14.8 Å². The van der Waals surface area contributed by atoms with Gasteiger partial charge in [-0.3, -0.25) is 0 Å². The van der Waals surface area contributed by atoms with Gasteiger partial charge in [-0.1, -0.05) is 0 Å². The Hall–Kier alpha value is -3.31. The van der Waals surface area contributed by atoms with E-state index in [4.69, 9.17) is 14.2 Å². The molecule has 2 aromatic heterocycles. The summed E-state index contributed by atoms with van der Waals surface area (Å²) in [4.78, 5) is 16.0. The second-order valence-corrected chi connectivity index (χ2v) is 9.12. The van der Waals surface area contributed by atoms with Gasteiger partial charge in [-0.15, -0.1) is 0 Å². The molecule has 2 aliphatic rings. The Balaban J connectivity index is 1.61. The van der Waals surface area contributed by atoms with E-state index in [1.807, 2.05) is 0 Å². The van der Waals surface area contributed by atoms with Crippen LogP contribution in [0.2, 0.25) is 0 Å². The lowest BCUT2D eigenvalue weighted by Crippen LogP contribution is -2.37. The van der Waals surface area contributed by atoms with Crippen molar-refractivity contribution in [2.75, 3.05) is 52.9 Å². The van der Waals surface area contributed by atoms with Gasteiger partial charge in [0.05, 0.1) is 32.1 Å². The Morgan fingerprint density at radius 3 is 2.42 bits per heavy atom. The van der Waals surface area contributed by atoms with Gasteiger partial charge in [0.15, 0.2) is 23.1 Å². The van der Waals surface area contributed by atoms with Crippen LogP contribution in [0.3, 0.4) is 0 Å². The predicted octanol–water partition coefficient (Wildman–Crippen LogP) is 4.29. The highest BCUT2D eigenvalue weighted by molar-refractivity contribution is 5.92. The van der Waals surface area contributed by atoms with Crippen LogP contribution in [0.1, 0.15) is 19.3 Å². The third-order valence-corrected chi connectivity index (χ3v) is 6.65. The van der Waals surface area contributed by atoms with Crippen molar-refractivity contribution >= 4 is 22.7 Å². The molecule has 1 N–H and O–H groups in total. The first-order chi connectivity index (χ1) is 17.5. The number of methoxy groups -OCH3 is 2. The van der Waals surface area contributed by atoms with Crippen LogP contribution in [0.4, 0.5) is 20.5 Å². The predicted molar refractivity (Wildman–Crippen MR) is 132 cm³/mol. The largest absolute Gasteiger partial charge is 0.494 e. The van der Waals surface area contributed by atoms with E-state index < -0.39 is 11.6 Å². The zero-order chi connectivity index (χ0) is 25.2. The Kier molecular flexibility index (Phi) is 7.01. The number of pyridine rings is 1. The number of benzene rings is 1. The van der Waals surface area contributed by atoms with Gasteiger partial charge >= 0.3 is 0 Å². The van der Waals surface area contributed by atoms with Gasteiger partial charge < -0.3 is 39.7 Å². The van der Waals surface area contributed by atoms with Crippen LogP contribution in [-0.4, -0.2) is 79.5 Å².